The average molecular weight is 337 g/mol. The van der Waals surface area contributed by atoms with E-state index in [9.17, 15) is 0 Å². The zero-order valence-corrected chi connectivity index (χ0v) is 14.5. The summed E-state index contributed by atoms with van der Waals surface area (Å²) in [6.07, 6.45) is 1.82. The van der Waals surface area contributed by atoms with Crippen LogP contribution in [0.25, 0.3) is 16.9 Å². The number of pyridine rings is 1. The molecule has 0 aliphatic carbocycles. The second kappa shape index (κ2) is 7.21. The molecule has 1 N–H and O–H groups in total. The lowest BCUT2D eigenvalue weighted by atomic mass is 10.3. The van der Waals surface area contributed by atoms with Gasteiger partial charge in [0, 0.05) is 38.1 Å². The van der Waals surface area contributed by atoms with Crippen LogP contribution in [0.3, 0.4) is 0 Å². The number of nitrogens with zero attached hydrogens (tertiary/aromatic N) is 4. The van der Waals surface area contributed by atoms with Crippen molar-refractivity contribution in [3.8, 4) is 11.4 Å². The molecule has 25 heavy (non-hydrogen) atoms. The van der Waals surface area contributed by atoms with Crippen LogP contribution in [-0.2, 0) is 6.54 Å². The van der Waals surface area contributed by atoms with Crippen molar-refractivity contribution < 1.29 is 4.74 Å². The highest BCUT2D eigenvalue weighted by atomic mass is 16.5. The number of ether oxygens (including phenoxy) is 1. The van der Waals surface area contributed by atoms with Crippen molar-refractivity contribution in [3.63, 3.8) is 0 Å². The SMILES string of the molecule is CCOc1ccc(-n2c(CN3CCNCC3)nc3cccnc32)cc1. The van der Waals surface area contributed by atoms with E-state index < -0.39 is 0 Å². The van der Waals surface area contributed by atoms with Gasteiger partial charge in [0.2, 0.25) is 0 Å². The van der Waals surface area contributed by atoms with Crippen molar-refractivity contribution in [2.75, 3.05) is 32.8 Å². The van der Waals surface area contributed by atoms with E-state index in [4.69, 9.17) is 9.72 Å². The highest BCUT2D eigenvalue weighted by molar-refractivity contribution is 5.73. The van der Waals surface area contributed by atoms with E-state index in [-0.39, 0.29) is 0 Å². The molecule has 2 aromatic heterocycles. The summed E-state index contributed by atoms with van der Waals surface area (Å²) in [6, 6.07) is 12.1. The van der Waals surface area contributed by atoms with Gasteiger partial charge in [-0.1, -0.05) is 0 Å². The molecular weight excluding hydrogens is 314 g/mol. The van der Waals surface area contributed by atoms with Crippen molar-refractivity contribution in [1.29, 1.82) is 0 Å². The van der Waals surface area contributed by atoms with Gasteiger partial charge in [-0.05, 0) is 43.3 Å². The van der Waals surface area contributed by atoms with Gasteiger partial charge < -0.3 is 10.1 Å². The number of fused-ring (bicyclic) bond motifs is 1. The summed E-state index contributed by atoms with van der Waals surface area (Å²) in [7, 11) is 0. The van der Waals surface area contributed by atoms with Gasteiger partial charge in [-0.3, -0.25) is 9.47 Å². The Bertz CT molecular complexity index is 837. The predicted octanol–water partition coefficient (Wildman–Crippen LogP) is 2.22. The maximum Gasteiger partial charge on any atom is 0.164 e. The van der Waals surface area contributed by atoms with Gasteiger partial charge in [-0.2, -0.15) is 0 Å². The van der Waals surface area contributed by atoms with E-state index in [1.165, 1.54) is 0 Å². The average Bonchev–Trinajstić information content (AvgIpc) is 3.01. The lowest BCUT2D eigenvalue weighted by Gasteiger charge is -2.27. The molecule has 0 radical (unpaired) electrons. The minimum absolute atomic E-state index is 0.670. The first-order chi connectivity index (χ1) is 12.3. The molecule has 3 aromatic rings. The van der Waals surface area contributed by atoms with Crippen molar-refractivity contribution in [2.45, 2.75) is 13.5 Å². The van der Waals surface area contributed by atoms with Crippen molar-refractivity contribution in [3.05, 3.63) is 48.4 Å². The van der Waals surface area contributed by atoms with Crippen LogP contribution in [0.1, 0.15) is 12.7 Å². The van der Waals surface area contributed by atoms with Crippen LogP contribution in [0.4, 0.5) is 0 Å². The second-order valence-electron chi connectivity index (χ2n) is 6.16. The smallest absolute Gasteiger partial charge is 0.164 e. The van der Waals surface area contributed by atoms with Gasteiger partial charge in [0.05, 0.1) is 13.2 Å². The van der Waals surface area contributed by atoms with Crippen molar-refractivity contribution >= 4 is 11.2 Å². The van der Waals surface area contributed by atoms with Crippen LogP contribution in [0.15, 0.2) is 42.6 Å². The molecule has 1 aromatic carbocycles. The van der Waals surface area contributed by atoms with Crippen LogP contribution in [0.2, 0.25) is 0 Å². The largest absolute Gasteiger partial charge is 0.494 e. The number of hydrogen-bond donors (Lipinski definition) is 1. The molecule has 0 spiro atoms. The molecule has 6 nitrogen and oxygen atoms in total. The molecule has 1 aliphatic rings. The fourth-order valence-corrected chi connectivity index (χ4v) is 3.26. The fraction of sp³-hybridized carbons (Fsp3) is 0.368. The molecule has 130 valence electrons. The summed E-state index contributed by atoms with van der Waals surface area (Å²) in [5, 5.41) is 3.40. The number of piperazine rings is 1. The third-order valence-corrected chi connectivity index (χ3v) is 4.47. The molecule has 3 heterocycles. The third-order valence-electron chi connectivity index (χ3n) is 4.47. The normalized spacial score (nSPS) is 15.6. The number of nitrogens with one attached hydrogen (secondary N) is 1. The first kappa shape index (κ1) is 16.1. The quantitative estimate of drug-likeness (QED) is 0.774. The molecule has 6 heteroatoms. The van der Waals surface area contributed by atoms with Crippen LogP contribution in [0, 0.1) is 0 Å². The Morgan fingerprint density at radius 1 is 1.12 bits per heavy atom. The Hall–Kier alpha value is -2.44. The van der Waals surface area contributed by atoms with Gasteiger partial charge in [0.15, 0.2) is 5.65 Å². The molecule has 4 rings (SSSR count). The van der Waals surface area contributed by atoms with Crippen LogP contribution < -0.4 is 10.1 Å². The number of rotatable bonds is 5. The Morgan fingerprint density at radius 2 is 1.92 bits per heavy atom. The minimum atomic E-state index is 0.670. The Morgan fingerprint density at radius 3 is 2.68 bits per heavy atom. The lowest BCUT2D eigenvalue weighted by Crippen LogP contribution is -2.43. The monoisotopic (exact) mass is 337 g/mol. The van der Waals surface area contributed by atoms with Gasteiger partial charge in [0.25, 0.3) is 0 Å². The highest BCUT2D eigenvalue weighted by Crippen LogP contribution is 2.23. The van der Waals surface area contributed by atoms with Crippen LogP contribution in [0.5, 0.6) is 5.75 Å². The first-order valence-electron chi connectivity index (χ1n) is 8.84. The molecule has 0 bridgehead atoms. The third kappa shape index (κ3) is 3.36. The van der Waals surface area contributed by atoms with E-state index >= 15 is 0 Å². The Labute approximate surface area is 147 Å². The second-order valence-corrected chi connectivity index (χ2v) is 6.16. The predicted molar refractivity (Wildman–Crippen MR) is 98.2 cm³/mol. The number of hydrogen-bond acceptors (Lipinski definition) is 5. The van der Waals surface area contributed by atoms with Crippen molar-refractivity contribution in [1.82, 2.24) is 24.8 Å². The minimum Gasteiger partial charge on any atom is -0.494 e. The molecule has 0 unspecified atom stereocenters. The van der Waals surface area contributed by atoms with Crippen LogP contribution in [-0.4, -0.2) is 52.2 Å². The van der Waals surface area contributed by atoms with Gasteiger partial charge in [-0.15, -0.1) is 0 Å². The molecule has 0 atom stereocenters. The summed E-state index contributed by atoms with van der Waals surface area (Å²) < 4.78 is 7.72. The molecule has 0 saturated carbocycles. The summed E-state index contributed by atoms with van der Waals surface area (Å²) in [6.45, 7) is 7.63. The zero-order chi connectivity index (χ0) is 17.1. The van der Waals surface area contributed by atoms with E-state index in [1.54, 1.807) is 0 Å². The zero-order valence-electron chi connectivity index (χ0n) is 14.5. The standard InChI is InChI=1S/C19H23N5O/c1-2-25-16-7-5-15(6-8-16)24-18(14-23-12-10-20-11-13-23)22-17-4-3-9-21-19(17)24/h3-9,20H,2,10-14H2,1H3. The maximum absolute atomic E-state index is 5.56. The number of benzene rings is 1. The first-order valence-corrected chi connectivity index (χ1v) is 8.84. The summed E-state index contributed by atoms with van der Waals surface area (Å²) in [5.41, 5.74) is 2.90. The Kier molecular flexibility index (Phi) is 4.63. The van der Waals surface area contributed by atoms with Gasteiger partial charge in [0.1, 0.15) is 17.1 Å². The summed E-state index contributed by atoms with van der Waals surface area (Å²) in [5.74, 6) is 1.91. The van der Waals surface area contributed by atoms with Crippen molar-refractivity contribution in [2.24, 2.45) is 0 Å². The van der Waals surface area contributed by atoms with Gasteiger partial charge >= 0.3 is 0 Å². The van der Waals surface area contributed by atoms with E-state index in [2.05, 4.69) is 31.9 Å². The number of imidazole rings is 1. The molecule has 0 amide bonds. The molecule has 1 fully saturated rings. The van der Waals surface area contributed by atoms with Gasteiger partial charge in [-0.25, -0.2) is 9.97 Å². The molecular formula is C19H23N5O. The van der Waals surface area contributed by atoms with E-state index in [0.717, 1.165) is 61.1 Å². The topological polar surface area (TPSA) is 55.2 Å². The summed E-state index contributed by atoms with van der Waals surface area (Å²) >= 11 is 0. The lowest BCUT2D eigenvalue weighted by molar-refractivity contribution is 0.227. The van der Waals surface area contributed by atoms with Crippen LogP contribution >= 0.6 is 0 Å². The molecule has 1 saturated heterocycles. The number of aromatic nitrogens is 3. The highest BCUT2D eigenvalue weighted by Gasteiger charge is 2.17. The molecule has 1 aliphatic heterocycles. The maximum atomic E-state index is 5.56. The van der Waals surface area contributed by atoms with E-state index in [0.29, 0.717) is 6.61 Å². The fourth-order valence-electron chi connectivity index (χ4n) is 3.26. The Balaban J connectivity index is 1.73. The van der Waals surface area contributed by atoms with E-state index in [1.807, 2.05) is 37.4 Å². The summed E-state index contributed by atoms with van der Waals surface area (Å²) in [4.78, 5) is 11.9.